The normalized spacial score (nSPS) is 13.9. The van der Waals surface area contributed by atoms with Crippen LogP contribution in [0.2, 0.25) is 0 Å². The topological polar surface area (TPSA) is 30.5 Å². The molecule has 2 unspecified atom stereocenters. The molecule has 1 rings (SSSR count). The van der Waals surface area contributed by atoms with Crippen molar-refractivity contribution in [1.29, 1.82) is 0 Å². The SMILES string of the molecule is CCCOc1ccc(OCC(NC)C(C)CC)cc1. The predicted octanol–water partition coefficient (Wildman–Crippen LogP) is 3.49. The summed E-state index contributed by atoms with van der Waals surface area (Å²) in [6.07, 6.45) is 2.18. The Labute approximate surface area is 117 Å². The van der Waals surface area contributed by atoms with E-state index in [0.717, 1.165) is 30.9 Å². The quantitative estimate of drug-likeness (QED) is 0.741. The summed E-state index contributed by atoms with van der Waals surface area (Å²) in [4.78, 5) is 0. The first-order valence-electron chi connectivity index (χ1n) is 7.24. The minimum atomic E-state index is 0.390. The van der Waals surface area contributed by atoms with Crippen LogP contribution in [0.25, 0.3) is 0 Å². The molecule has 0 bridgehead atoms. The zero-order valence-corrected chi connectivity index (χ0v) is 12.6. The number of hydrogen-bond donors (Lipinski definition) is 1. The molecule has 0 saturated carbocycles. The number of hydrogen-bond acceptors (Lipinski definition) is 3. The van der Waals surface area contributed by atoms with Crippen LogP contribution in [-0.4, -0.2) is 26.3 Å². The summed E-state index contributed by atoms with van der Waals surface area (Å²) in [7, 11) is 1.99. The molecule has 0 radical (unpaired) electrons. The number of ether oxygens (including phenoxy) is 2. The first kappa shape index (κ1) is 15.8. The fraction of sp³-hybridized carbons (Fsp3) is 0.625. The standard InChI is InChI=1S/C16H27NO2/c1-5-11-18-14-7-9-15(10-8-14)19-12-16(17-4)13(3)6-2/h7-10,13,16-17H,5-6,11-12H2,1-4H3. The molecule has 1 N–H and O–H groups in total. The molecule has 0 aromatic heterocycles. The summed E-state index contributed by atoms with van der Waals surface area (Å²) < 4.78 is 11.4. The van der Waals surface area contributed by atoms with E-state index in [0.29, 0.717) is 18.6 Å². The third-order valence-corrected chi connectivity index (χ3v) is 3.43. The van der Waals surface area contributed by atoms with E-state index in [1.165, 1.54) is 0 Å². The van der Waals surface area contributed by atoms with Gasteiger partial charge in [0.2, 0.25) is 0 Å². The Morgan fingerprint density at radius 3 is 2.11 bits per heavy atom. The van der Waals surface area contributed by atoms with Crippen molar-refractivity contribution in [1.82, 2.24) is 5.32 Å². The van der Waals surface area contributed by atoms with Crippen molar-refractivity contribution in [2.75, 3.05) is 20.3 Å². The maximum atomic E-state index is 5.82. The minimum absolute atomic E-state index is 0.390. The van der Waals surface area contributed by atoms with Crippen LogP contribution in [0, 0.1) is 5.92 Å². The number of nitrogens with one attached hydrogen (secondary N) is 1. The van der Waals surface area contributed by atoms with Crippen molar-refractivity contribution in [3.05, 3.63) is 24.3 Å². The first-order chi connectivity index (χ1) is 9.21. The van der Waals surface area contributed by atoms with E-state index in [-0.39, 0.29) is 0 Å². The number of likely N-dealkylation sites (N-methyl/N-ethyl adjacent to an activating group) is 1. The highest BCUT2D eigenvalue weighted by atomic mass is 16.5. The Morgan fingerprint density at radius 1 is 1.05 bits per heavy atom. The fourth-order valence-corrected chi connectivity index (χ4v) is 1.85. The average Bonchev–Trinajstić information content (AvgIpc) is 2.46. The van der Waals surface area contributed by atoms with E-state index in [2.05, 4.69) is 26.1 Å². The fourth-order valence-electron chi connectivity index (χ4n) is 1.85. The van der Waals surface area contributed by atoms with Gasteiger partial charge < -0.3 is 14.8 Å². The van der Waals surface area contributed by atoms with Gasteiger partial charge in [0.15, 0.2) is 0 Å². The van der Waals surface area contributed by atoms with Crippen molar-refractivity contribution in [3.8, 4) is 11.5 Å². The molecule has 0 amide bonds. The highest BCUT2D eigenvalue weighted by molar-refractivity contribution is 5.31. The summed E-state index contributed by atoms with van der Waals surface area (Å²) >= 11 is 0. The molecular weight excluding hydrogens is 238 g/mol. The van der Waals surface area contributed by atoms with Crippen LogP contribution in [-0.2, 0) is 0 Å². The second kappa shape index (κ2) is 8.81. The third-order valence-electron chi connectivity index (χ3n) is 3.43. The highest BCUT2D eigenvalue weighted by Crippen LogP contribution is 2.18. The van der Waals surface area contributed by atoms with E-state index in [4.69, 9.17) is 9.47 Å². The molecule has 108 valence electrons. The van der Waals surface area contributed by atoms with Crippen LogP contribution in [0.3, 0.4) is 0 Å². The van der Waals surface area contributed by atoms with Gasteiger partial charge in [0.05, 0.1) is 6.61 Å². The van der Waals surface area contributed by atoms with Crippen LogP contribution >= 0.6 is 0 Å². The molecule has 0 heterocycles. The molecule has 19 heavy (non-hydrogen) atoms. The maximum Gasteiger partial charge on any atom is 0.119 e. The largest absolute Gasteiger partial charge is 0.494 e. The lowest BCUT2D eigenvalue weighted by Crippen LogP contribution is -2.37. The van der Waals surface area contributed by atoms with Crippen LogP contribution < -0.4 is 14.8 Å². The van der Waals surface area contributed by atoms with Gasteiger partial charge in [0.1, 0.15) is 18.1 Å². The highest BCUT2D eigenvalue weighted by Gasteiger charge is 2.14. The lowest BCUT2D eigenvalue weighted by Gasteiger charge is -2.22. The molecule has 0 aliphatic heterocycles. The van der Waals surface area contributed by atoms with Crippen LogP contribution in [0.4, 0.5) is 0 Å². The van der Waals surface area contributed by atoms with Gasteiger partial charge in [-0.2, -0.15) is 0 Å². The van der Waals surface area contributed by atoms with E-state index in [1.54, 1.807) is 0 Å². The molecule has 1 aromatic carbocycles. The zero-order valence-electron chi connectivity index (χ0n) is 12.6. The molecule has 0 spiro atoms. The smallest absolute Gasteiger partial charge is 0.119 e. The van der Waals surface area contributed by atoms with Gasteiger partial charge in [0.25, 0.3) is 0 Å². The van der Waals surface area contributed by atoms with Gasteiger partial charge in [0, 0.05) is 6.04 Å². The van der Waals surface area contributed by atoms with Crippen molar-refractivity contribution < 1.29 is 9.47 Å². The summed E-state index contributed by atoms with van der Waals surface area (Å²) in [6, 6.07) is 8.24. The van der Waals surface area contributed by atoms with Crippen LogP contribution in [0.1, 0.15) is 33.6 Å². The second-order valence-electron chi connectivity index (χ2n) is 4.91. The van der Waals surface area contributed by atoms with Gasteiger partial charge >= 0.3 is 0 Å². The number of benzene rings is 1. The summed E-state index contributed by atoms with van der Waals surface area (Å²) in [6.45, 7) is 8.00. The Kier molecular flexibility index (Phi) is 7.34. The Bertz CT molecular complexity index is 337. The van der Waals surface area contributed by atoms with Gasteiger partial charge in [-0.25, -0.2) is 0 Å². The van der Waals surface area contributed by atoms with Crippen molar-refractivity contribution in [2.45, 2.75) is 39.7 Å². The van der Waals surface area contributed by atoms with Crippen molar-refractivity contribution >= 4 is 0 Å². The van der Waals surface area contributed by atoms with Crippen LogP contribution in [0.5, 0.6) is 11.5 Å². The first-order valence-corrected chi connectivity index (χ1v) is 7.24. The number of rotatable bonds is 9. The van der Waals surface area contributed by atoms with Gasteiger partial charge in [-0.15, -0.1) is 0 Å². The van der Waals surface area contributed by atoms with E-state index < -0.39 is 0 Å². The van der Waals surface area contributed by atoms with Crippen molar-refractivity contribution in [2.24, 2.45) is 5.92 Å². The third kappa shape index (κ3) is 5.52. The summed E-state index contributed by atoms with van der Waals surface area (Å²) in [5.41, 5.74) is 0. The molecule has 2 atom stereocenters. The zero-order chi connectivity index (χ0) is 14.1. The van der Waals surface area contributed by atoms with E-state index >= 15 is 0 Å². The maximum absolute atomic E-state index is 5.82. The van der Waals surface area contributed by atoms with E-state index in [1.807, 2.05) is 31.3 Å². The molecule has 0 aliphatic carbocycles. The Balaban J connectivity index is 2.44. The van der Waals surface area contributed by atoms with Crippen molar-refractivity contribution in [3.63, 3.8) is 0 Å². The molecule has 0 saturated heterocycles. The molecule has 3 nitrogen and oxygen atoms in total. The lowest BCUT2D eigenvalue weighted by atomic mass is 10.0. The van der Waals surface area contributed by atoms with Crippen LogP contribution in [0.15, 0.2) is 24.3 Å². The Morgan fingerprint density at radius 2 is 1.63 bits per heavy atom. The molecule has 0 fully saturated rings. The van der Waals surface area contributed by atoms with E-state index in [9.17, 15) is 0 Å². The van der Waals surface area contributed by atoms with Gasteiger partial charge in [-0.05, 0) is 43.7 Å². The summed E-state index contributed by atoms with van der Waals surface area (Å²) in [5.74, 6) is 2.41. The predicted molar refractivity (Wildman–Crippen MR) is 80.0 cm³/mol. The van der Waals surface area contributed by atoms with Gasteiger partial charge in [-0.3, -0.25) is 0 Å². The minimum Gasteiger partial charge on any atom is -0.494 e. The van der Waals surface area contributed by atoms with Gasteiger partial charge in [-0.1, -0.05) is 27.2 Å². The molecular formula is C16H27NO2. The molecule has 1 aromatic rings. The average molecular weight is 265 g/mol. The molecule has 0 aliphatic rings. The Hall–Kier alpha value is -1.22. The summed E-state index contributed by atoms with van der Waals surface area (Å²) in [5, 5.41) is 3.31. The lowest BCUT2D eigenvalue weighted by molar-refractivity contribution is 0.227. The monoisotopic (exact) mass is 265 g/mol. The molecule has 3 heteroatoms. The second-order valence-corrected chi connectivity index (χ2v) is 4.91.